The molecular formula is C26H28ClN5O3. The van der Waals surface area contributed by atoms with Gasteiger partial charge in [0.25, 0.3) is 5.56 Å². The van der Waals surface area contributed by atoms with E-state index in [1.165, 1.54) is 4.68 Å². The molecule has 0 spiro atoms. The molecule has 0 radical (unpaired) electrons. The fourth-order valence-electron chi connectivity index (χ4n) is 4.52. The van der Waals surface area contributed by atoms with Crippen LogP contribution in [0.15, 0.2) is 65.5 Å². The van der Waals surface area contributed by atoms with Crippen molar-refractivity contribution in [2.24, 2.45) is 0 Å². The summed E-state index contributed by atoms with van der Waals surface area (Å²) in [5.74, 6) is 0.578. The first-order chi connectivity index (χ1) is 17.1. The topological polar surface area (TPSA) is 70.9 Å². The van der Waals surface area contributed by atoms with E-state index in [9.17, 15) is 9.59 Å². The fourth-order valence-corrected chi connectivity index (χ4v) is 4.71. The Morgan fingerprint density at radius 3 is 2.34 bits per heavy atom. The summed E-state index contributed by atoms with van der Waals surface area (Å²) < 4.78 is 6.79. The fraction of sp³-hybridized carbons (Fsp3) is 0.346. The lowest BCUT2D eigenvalue weighted by atomic mass is 10.1. The first kappa shape index (κ1) is 23.4. The number of morpholine rings is 1. The maximum atomic E-state index is 13.4. The SMILES string of the molecule is O=C(Cn1nc(N2CCOCC2)cc(-c2ccccc2)c1=O)N1CCN(c2cccc(Cl)c2)CC1. The van der Waals surface area contributed by atoms with E-state index in [0.29, 0.717) is 68.9 Å². The summed E-state index contributed by atoms with van der Waals surface area (Å²) in [4.78, 5) is 32.7. The first-order valence-electron chi connectivity index (χ1n) is 11.9. The molecule has 0 N–H and O–H groups in total. The van der Waals surface area contributed by atoms with Gasteiger partial charge in [0.05, 0.1) is 18.8 Å². The minimum absolute atomic E-state index is 0.0893. The predicted molar refractivity (Wildman–Crippen MR) is 137 cm³/mol. The Balaban J connectivity index is 1.35. The Morgan fingerprint density at radius 2 is 1.63 bits per heavy atom. The second-order valence-corrected chi connectivity index (χ2v) is 9.13. The number of amides is 1. The lowest BCUT2D eigenvalue weighted by Crippen LogP contribution is -2.50. The average molecular weight is 494 g/mol. The average Bonchev–Trinajstić information content (AvgIpc) is 2.91. The van der Waals surface area contributed by atoms with Crippen LogP contribution in [0.25, 0.3) is 11.1 Å². The molecule has 182 valence electrons. The number of hydrogen-bond acceptors (Lipinski definition) is 6. The van der Waals surface area contributed by atoms with Gasteiger partial charge >= 0.3 is 0 Å². The molecule has 3 heterocycles. The summed E-state index contributed by atoms with van der Waals surface area (Å²) in [6.07, 6.45) is 0. The molecule has 1 aromatic heterocycles. The summed E-state index contributed by atoms with van der Waals surface area (Å²) in [5.41, 5.74) is 2.14. The Morgan fingerprint density at radius 1 is 0.886 bits per heavy atom. The second kappa shape index (κ2) is 10.5. The molecule has 5 rings (SSSR count). The molecule has 2 aliphatic heterocycles. The molecule has 0 saturated carbocycles. The minimum atomic E-state index is -0.265. The molecule has 0 atom stereocenters. The molecule has 2 saturated heterocycles. The van der Waals surface area contributed by atoms with E-state index in [0.717, 1.165) is 11.3 Å². The lowest BCUT2D eigenvalue weighted by molar-refractivity contribution is -0.132. The van der Waals surface area contributed by atoms with Crippen LogP contribution in [0, 0.1) is 0 Å². The highest BCUT2D eigenvalue weighted by Crippen LogP contribution is 2.22. The molecular weight excluding hydrogens is 466 g/mol. The van der Waals surface area contributed by atoms with Crippen LogP contribution >= 0.6 is 11.6 Å². The predicted octanol–water partition coefficient (Wildman–Crippen LogP) is 2.75. The number of benzene rings is 2. The number of halogens is 1. The standard InChI is InChI=1S/C26H28ClN5O3/c27-21-7-4-8-22(17-21)29-9-11-31(12-10-29)25(33)19-32-26(34)23(20-5-2-1-3-6-20)18-24(28-32)30-13-15-35-16-14-30/h1-8,17-18H,9-16,19H2. The van der Waals surface area contributed by atoms with Crippen molar-refractivity contribution in [3.8, 4) is 11.1 Å². The van der Waals surface area contributed by atoms with E-state index in [1.807, 2.05) is 60.7 Å². The van der Waals surface area contributed by atoms with Gasteiger partial charge in [-0.2, -0.15) is 5.10 Å². The van der Waals surface area contributed by atoms with Gasteiger partial charge in [0, 0.05) is 50.0 Å². The number of anilines is 2. The molecule has 8 nitrogen and oxygen atoms in total. The van der Waals surface area contributed by atoms with Crippen molar-refractivity contribution >= 4 is 29.0 Å². The van der Waals surface area contributed by atoms with Crippen LogP contribution in [0.4, 0.5) is 11.5 Å². The highest BCUT2D eigenvalue weighted by atomic mass is 35.5. The van der Waals surface area contributed by atoms with Crippen molar-refractivity contribution < 1.29 is 9.53 Å². The van der Waals surface area contributed by atoms with E-state index < -0.39 is 0 Å². The number of ether oxygens (including phenoxy) is 1. The summed E-state index contributed by atoms with van der Waals surface area (Å²) >= 11 is 6.13. The Hall–Kier alpha value is -3.36. The number of aromatic nitrogens is 2. The van der Waals surface area contributed by atoms with Crippen molar-refractivity contribution in [3.05, 3.63) is 76.0 Å². The normalized spacial score (nSPS) is 16.4. The number of rotatable bonds is 5. The number of carbonyl (C=O) groups excluding carboxylic acids is 1. The number of nitrogens with zero attached hydrogens (tertiary/aromatic N) is 5. The van der Waals surface area contributed by atoms with E-state index in [4.69, 9.17) is 16.3 Å². The number of hydrogen-bond donors (Lipinski definition) is 0. The molecule has 0 aliphatic carbocycles. The lowest BCUT2D eigenvalue weighted by Gasteiger charge is -2.36. The molecule has 35 heavy (non-hydrogen) atoms. The second-order valence-electron chi connectivity index (χ2n) is 8.69. The van der Waals surface area contributed by atoms with Crippen LogP contribution in [0.2, 0.25) is 5.02 Å². The van der Waals surface area contributed by atoms with Crippen LogP contribution in [-0.4, -0.2) is 73.1 Å². The Kier molecular flexibility index (Phi) is 7.01. The summed E-state index contributed by atoms with van der Waals surface area (Å²) in [6, 6.07) is 19.1. The summed E-state index contributed by atoms with van der Waals surface area (Å²) in [5, 5.41) is 5.29. The smallest absolute Gasteiger partial charge is 0.275 e. The van der Waals surface area contributed by atoms with Crippen molar-refractivity contribution in [2.75, 3.05) is 62.3 Å². The molecule has 0 bridgehead atoms. The van der Waals surface area contributed by atoms with Crippen LogP contribution in [0.3, 0.4) is 0 Å². The van der Waals surface area contributed by atoms with Gasteiger partial charge < -0.3 is 19.4 Å². The third kappa shape index (κ3) is 5.33. The van der Waals surface area contributed by atoms with Crippen LogP contribution in [-0.2, 0) is 16.1 Å². The van der Waals surface area contributed by atoms with Gasteiger partial charge in [-0.05, 0) is 29.8 Å². The van der Waals surface area contributed by atoms with Gasteiger partial charge in [-0.25, -0.2) is 4.68 Å². The quantitative estimate of drug-likeness (QED) is 0.544. The van der Waals surface area contributed by atoms with E-state index in [-0.39, 0.29) is 18.0 Å². The van der Waals surface area contributed by atoms with Crippen molar-refractivity contribution in [1.82, 2.24) is 14.7 Å². The van der Waals surface area contributed by atoms with E-state index in [2.05, 4.69) is 14.9 Å². The van der Waals surface area contributed by atoms with Crippen molar-refractivity contribution in [1.29, 1.82) is 0 Å². The van der Waals surface area contributed by atoms with Gasteiger partial charge in [0.2, 0.25) is 5.91 Å². The maximum Gasteiger partial charge on any atom is 0.275 e. The van der Waals surface area contributed by atoms with Crippen LogP contribution in [0.1, 0.15) is 0 Å². The van der Waals surface area contributed by atoms with E-state index in [1.54, 1.807) is 4.90 Å². The number of carbonyl (C=O) groups is 1. The summed E-state index contributed by atoms with van der Waals surface area (Å²) in [7, 11) is 0. The number of piperazine rings is 1. The van der Waals surface area contributed by atoms with Gasteiger partial charge in [-0.15, -0.1) is 0 Å². The third-order valence-corrected chi connectivity index (χ3v) is 6.71. The van der Waals surface area contributed by atoms with Gasteiger partial charge in [0.15, 0.2) is 0 Å². The zero-order valence-corrected chi connectivity index (χ0v) is 20.2. The molecule has 2 aromatic carbocycles. The molecule has 0 unspecified atom stereocenters. The molecule has 2 fully saturated rings. The van der Waals surface area contributed by atoms with Crippen LogP contribution < -0.4 is 15.4 Å². The molecule has 3 aromatic rings. The van der Waals surface area contributed by atoms with Crippen molar-refractivity contribution in [3.63, 3.8) is 0 Å². The first-order valence-corrected chi connectivity index (χ1v) is 12.2. The highest BCUT2D eigenvalue weighted by Gasteiger charge is 2.24. The summed E-state index contributed by atoms with van der Waals surface area (Å²) in [6.45, 7) is 5.08. The van der Waals surface area contributed by atoms with Gasteiger partial charge in [-0.3, -0.25) is 9.59 Å². The van der Waals surface area contributed by atoms with Gasteiger partial charge in [0.1, 0.15) is 12.4 Å². The van der Waals surface area contributed by atoms with E-state index >= 15 is 0 Å². The minimum Gasteiger partial charge on any atom is -0.378 e. The van der Waals surface area contributed by atoms with Crippen LogP contribution in [0.5, 0.6) is 0 Å². The molecule has 2 aliphatic rings. The third-order valence-electron chi connectivity index (χ3n) is 6.47. The Labute approximate surface area is 209 Å². The van der Waals surface area contributed by atoms with Crippen molar-refractivity contribution in [2.45, 2.75) is 6.54 Å². The van der Waals surface area contributed by atoms with Gasteiger partial charge in [-0.1, -0.05) is 48.0 Å². The zero-order valence-electron chi connectivity index (χ0n) is 19.5. The monoisotopic (exact) mass is 493 g/mol. The maximum absolute atomic E-state index is 13.4. The molecule has 1 amide bonds. The zero-order chi connectivity index (χ0) is 24.2. The molecule has 9 heteroatoms. The highest BCUT2D eigenvalue weighted by molar-refractivity contribution is 6.30. The Bertz CT molecular complexity index is 1240. The largest absolute Gasteiger partial charge is 0.378 e.